The normalized spacial score (nSPS) is 27.4. The molecule has 0 atom stereocenters. The Kier molecular flexibility index (Phi) is 4.43. The lowest BCUT2D eigenvalue weighted by Crippen LogP contribution is -2.36. The number of hydrogen-bond acceptors (Lipinski definition) is 2. The summed E-state index contributed by atoms with van der Waals surface area (Å²) in [5.41, 5.74) is 9.11. The van der Waals surface area contributed by atoms with Crippen molar-refractivity contribution in [2.75, 3.05) is 11.9 Å². The van der Waals surface area contributed by atoms with E-state index in [4.69, 9.17) is 5.73 Å². The van der Waals surface area contributed by atoms with Gasteiger partial charge in [0.1, 0.15) is 0 Å². The van der Waals surface area contributed by atoms with Crippen LogP contribution in [0.15, 0.2) is 24.3 Å². The van der Waals surface area contributed by atoms with E-state index in [-0.39, 0.29) is 5.41 Å². The molecule has 0 unspecified atom stereocenters. The van der Waals surface area contributed by atoms with E-state index in [9.17, 15) is 0 Å². The molecule has 0 saturated heterocycles. The number of rotatable bonds is 3. The second kappa shape index (κ2) is 5.77. The van der Waals surface area contributed by atoms with Gasteiger partial charge in [-0.2, -0.15) is 0 Å². The van der Waals surface area contributed by atoms with Crippen LogP contribution in [0.25, 0.3) is 0 Å². The summed E-state index contributed by atoms with van der Waals surface area (Å²) in [6, 6.07) is 9.54. The molecule has 0 bridgehead atoms. The molecule has 1 aromatic rings. The number of nitrogens with two attached hydrogens (primary N) is 1. The largest absolute Gasteiger partial charge is 0.382 e. The third kappa shape index (κ3) is 3.76. The monoisotopic (exact) mass is 274 g/mol. The topological polar surface area (TPSA) is 38.0 Å². The third-order valence-electron chi connectivity index (χ3n) is 4.81. The SMILES string of the molecule is CC1(CN)CCC(Nc2ccc(C(C)(C)C)cc2)CC1. The number of anilines is 1. The molecule has 0 radical (unpaired) electrons. The van der Waals surface area contributed by atoms with Crippen molar-refractivity contribution < 1.29 is 0 Å². The van der Waals surface area contributed by atoms with Gasteiger partial charge in [0.15, 0.2) is 0 Å². The molecule has 1 aliphatic rings. The van der Waals surface area contributed by atoms with E-state index in [1.54, 1.807) is 0 Å². The fourth-order valence-corrected chi connectivity index (χ4v) is 2.97. The van der Waals surface area contributed by atoms with Crippen LogP contribution in [0.1, 0.15) is 58.9 Å². The minimum Gasteiger partial charge on any atom is -0.382 e. The maximum Gasteiger partial charge on any atom is 0.0342 e. The molecule has 2 heteroatoms. The fraction of sp³-hybridized carbons (Fsp3) is 0.667. The molecular weight excluding hydrogens is 244 g/mol. The summed E-state index contributed by atoms with van der Waals surface area (Å²) < 4.78 is 0. The number of hydrogen-bond donors (Lipinski definition) is 2. The first-order chi connectivity index (χ1) is 9.32. The van der Waals surface area contributed by atoms with Gasteiger partial charge in [0.05, 0.1) is 0 Å². The summed E-state index contributed by atoms with van der Waals surface area (Å²) in [6.45, 7) is 9.90. The van der Waals surface area contributed by atoms with Crippen LogP contribution in [0.4, 0.5) is 5.69 Å². The predicted molar refractivity (Wildman–Crippen MR) is 88.2 cm³/mol. The van der Waals surface area contributed by atoms with E-state index < -0.39 is 0 Å². The van der Waals surface area contributed by atoms with Crippen LogP contribution >= 0.6 is 0 Å². The van der Waals surface area contributed by atoms with Crippen molar-refractivity contribution in [3.8, 4) is 0 Å². The van der Waals surface area contributed by atoms with Crippen LogP contribution in [0, 0.1) is 5.41 Å². The molecule has 0 aromatic heterocycles. The number of nitrogens with one attached hydrogen (secondary N) is 1. The van der Waals surface area contributed by atoms with Gasteiger partial charge in [-0.3, -0.25) is 0 Å². The third-order valence-corrected chi connectivity index (χ3v) is 4.81. The van der Waals surface area contributed by atoms with E-state index in [1.807, 2.05) is 0 Å². The molecule has 0 heterocycles. The molecule has 2 nitrogen and oxygen atoms in total. The van der Waals surface area contributed by atoms with Crippen LogP contribution in [-0.4, -0.2) is 12.6 Å². The van der Waals surface area contributed by atoms with Gasteiger partial charge in [-0.15, -0.1) is 0 Å². The zero-order chi connectivity index (χ0) is 14.8. The molecule has 0 aliphatic heterocycles. The van der Waals surface area contributed by atoms with Gasteiger partial charge in [0, 0.05) is 11.7 Å². The Labute approximate surface area is 124 Å². The van der Waals surface area contributed by atoms with Crippen molar-refractivity contribution in [2.45, 2.75) is 64.8 Å². The molecule has 0 amide bonds. The molecule has 3 N–H and O–H groups in total. The summed E-state index contributed by atoms with van der Waals surface area (Å²) >= 11 is 0. The van der Waals surface area contributed by atoms with Gasteiger partial charge in [-0.05, 0) is 60.8 Å². The Balaban J connectivity index is 1.92. The Morgan fingerprint density at radius 1 is 1.15 bits per heavy atom. The Morgan fingerprint density at radius 2 is 1.70 bits per heavy atom. The molecule has 1 saturated carbocycles. The standard InChI is InChI=1S/C18H30N2/c1-17(2,3)14-5-7-15(8-6-14)20-16-9-11-18(4,13-19)12-10-16/h5-8,16,20H,9-13,19H2,1-4H3. The molecule has 1 aliphatic carbocycles. The molecule has 2 rings (SSSR count). The highest BCUT2D eigenvalue weighted by atomic mass is 14.9. The zero-order valence-electron chi connectivity index (χ0n) is 13.5. The molecule has 20 heavy (non-hydrogen) atoms. The van der Waals surface area contributed by atoms with Gasteiger partial charge in [-0.1, -0.05) is 39.8 Å². The fourth-order valence-electron chi connectivity index (χ4n) is 2.97. The zero-order valence-corrected chi connectivity index (χ0v) is 13.5. The van der Waals surface area contributed by atoms with Crippen LogP contribution in [0.3, 0.4) is 0 Å². The van der Waals surface area contributed by atoms with Gasteiger partial charge < -0.3 is 11.1 Å². The van der Waals surface area contributed by atoms with Crippen molar-refractivity contribution in [3.63, 3.8) is 0 Å². The van der Waals surface area contributed by atoms with Gasteiger partial charge in [0.2, 0.25) is 0 Å². The van der Waals surface area contributed by atoms with E-state index in [2.05, 4.69) is 57.3 Å². The van der Waals surface area contributed by atoms with Gasteiger partial charge in [-0.25, -0.2) is 0 Å². The van der Waals surface area contributed by atoms with Gasteiger partial charge >= 0.3 is 0 Å². The maximum atomic E-state index is 5.87. The molecule has 0 spiro atoms. The van der Waals surface area contributed by atoms with Crippen LogP contribution < -0.4 is 11.1 Å². The van der Waals surface area contributed by atoms with Crippen molar-refractivity contribution >= 4 is 5.69 Å². The minimum absolute atomic E-state index is 0.228. The summed E-state index contributed by atoms with van der Waals surface area (Å²) in [5, 5.41) is 3.68. The highest BCUT2D eigenvalue weighted by Gasteiger charge is 2.29. The Hall–Kier alpha value is -1.02. The molecule has 1 fully saturated rings. The Bertz CT molecular complexity index is 420. The highest BCUT2D eigenvalue weighted by Crippen LogP contribution is 2.36. The van der Waals surface area contributed by atoms with E-state index >= 15 is 0 Å². The van der Waals surface area contributed by atoms with Gasteiger partial charge in [0.25, 0.3) is 0 Å². The van der Waals surface area contributed by atoms with Crippen LogP contribution in [-0.2, 0) is 5.41 Å². The summed E-state index contributed by atoms with van der Waals surface area (Å²) in [4.78, 5) is 0. The first kappa shape index (κ1) is 15.4. The van der Waals surface area contributed by atoms with Crippen molar-refractivity contribution in [1.82, 2.24) is 0 Å². The highest BCUT2D eigenvalue weighted by molar-refractivity contribution is 5.46. The first-order valence-corrected chi connectivity index (χ1v) is 7.90. The van der Waals surface area contributed by atoms with E-state index in [0.717, 1.165) is 6.54 Å². The van der Waals surface area contributed by atoms with Crippen LogP contribution in [0.5, 0.6) is 0 Å². The summed E-state index contributed by atoms with van der Waals surface area (Å²) in [5.74, 6) is 0. The van der Waals surface area contributed by atoms with E-state index in [1.165, 1.54) is 36.9 Å². The van der Waals surface area contributed by atoms with Crippen LogP contribution in [0.2, 0.25) is 0 Å². The molecular formula is C18H30N2. The lowest BCUT2D eigenvalue weighted by Gasteiger charge is -2.37. The molecule has 112 valence electrons. The molecule has 1 aromatic carbocycles. The summed E-state index contributed by atoms with van der Waals surface area (Å²) in [7, 11) is 0. The summed E-state index contributed by atoms with van der Waals surface area (Å²) in [6.07, 6.45) is 4.94. The van der Waals surface area contributed by atoms with E-state index in [0.29, 0.717) is 11.5 Å². The quantitative estimate of drug-likeness (QED) is 0.862. The average molecular weight is 274 g/mol. The lowest BCUT2D eigenvalue weighted by atomic mass is 9.74. The first-order valence-electron chi connectivity index (χ1n) is 7.90. The second-order valence-electron chi connectivity index (χ2n) is 7.76. The second-order valence-corrected chi connectivity index (χ2v) is 7.76. The predicted octanol–water partition coefficient (Wildman–Crippen LogP) is 4.30. The van der Waals surface area contributed by atoms with Crippen molar-refractivity contribution in [3.05, 3.63) is 29.8 Å². The van der Waals surface area contributed by atoms with Crippen molar-refractivity contribution in [1.29, 1.82) is 0 Å². The smallest absolute Gasteiger partial charge is 0.0342 e. The number of benzene rings is 1. The maximum absolute atomic E-state index is 5.87. The van der Waals surface area contributed by atoms with Crippen molar-refractivity contribution in [2.24, 2.45) is 11.1 Å². The Morgan fingerprint density at radius 3 is 2.15 bits per heavy atom. The average Bonchev–Trinajstić information content (AvgIpc) is 2.41. The minimum atomic E-state index is 0.228. The lowest BCUT2D eigenvalue weighted by molar-refractivity contribution is 0.215.